The van der Waals surface area contributed by atoms with E-state index in [1.165, 1.54) is 0 Å². The summed E-state index contributed by atoms with van der Waals surface area (Å²) in [6, 6.07) is 17.5. The van der Waals surface area contributed by atoms with Crippen LogP contribution in [0.3, 0.4) is 0 Å². The van der Waals surface area contributed by atoms with Gasteiger partial charge in [-0.05, 0) is 42.4 Å². The van der Waals surface area contributed by atoms with Gasteiger partial charge in [-0.25, -0.2) is 0 Å². The van der Waals surface area contributed by atoms with Gasteiger partial charge < -0.3 is 10.1 Å². The second kappa shape index (κ2) is 8.90. The molecule has 2 aromatic rings. The molecule has 4 nitrogen and oxygen atoms in total. The second-order valence-electron chi connectivity index (χ2n) is 5.43. The molecule has 0 saturated heterocycles. The first-order valence-electron chi connectivity index (χ1n) is 7.52. The van der Waals surface area contributed by atoms with Crippen molar-refractivity contribution in [3.8, 4) is 5.75 Å². The van der Waals surface area contributed by atoms with Gasteiger partial charge in [0.1, 0.15) is 5.75 Å². The highest BCUT2D eigenvalue weighted by Gasteiger charge is 2.02. The van der Waals surface area contributed by atoms with E-state index >= 15 is 0 Å². The Labute approximate surface area is 142 Å². The fourth-order valence-corrected chi connectivity index (χ4v) is 1.99. The van der Waals surface area contributed by atoms with Gasteiger partial charge in [0.2, 0.25) is 0 Å². The standard InChI is InChI=1S/C18H21N3OS/c1-14(2)13-22-17-11-7-6-8-15(17)12-19-21-18(23)20-16-9-4-3-5-10-16/h3-12,14H,13H2,1-2H3,(H2,20,21,23)/b19-12-. The molecule has 0 unspecified atom stereocenters. The lowest BCUT2D eigenvalue weighted by molar-refractivity contribution is 0.270. The monoisotopic (exact) mass is 327 g/mol. The molecule has 2 N–H and O–H groups in total. The van der Waals surface area contributed by atoms with Crippen molar-refractivity contribution in [3.63, 3.8) is 0 Å². The summed E-state index contributed by atoms with van der Waals surface area (Å²) in [4.78, 5) is 0. The zero-order valence-electron chi connectivity index (χ0n) is 13.3. The second-order valence-corrected chi connectivity index (χ2v) is 5.84. The molecule has 0 spiro atoms. The Hall–Kier alpha value is -2.40. The van der Waals surface area contributed by atoms with Crippen LogP contribution in [-0.4, -0.2) is 17.9 Å². The maximum Gasteiger partial charge on any atom is 0.191 e. The molecule has 0 fully saturated rings. The summed E-state index contributed by atoms with van der Waals surface area (Å²) in [5.41, 5.74) is 4.63. The predicted molar refractivity (Wildman–Crippen MR) is 100 cm³/mol. The van der Waals surface area contributed by atoms with Gasteiger partial charge in [0.25, 0.3) is 0 Å². The number of para-hydroxylation sites is 2. The zero-order chi connectivity index (χ0) is 16.5. The van der Waals surface area contributed by atoms with Crippen LogP contribution in [-0.2, 0) is 0 Å². The first-order chi connectivity index (χ1) is 11.1. The Kier molecular flexibility index (Phi) is 6.56. The molecule has 2 rings (SSSR count). The molecule has 0 amide bonds. The number of hydrazone groups is 1. The molecule has 0 radical (unpaired) electrons. The van der Waals surface area contributed by atoms with Crippen LogP contribution in [0.15, 0.2) is 59.7 Å². The average molecular weight is 327 g/mol. The number of hydrogen-bond acceptors (Lipinski definition) is 3. The van der Waals surface area contributed by atoms with Crippen molar-refractivity contribution in [2.24, 2.45) is 11.0 Å². The van der Waals surface area contributed by atoms with Crippen LogP contribution in [0.1, 0.15) is 19.4 Å². The van der Waals surface area contributed by atoms with Gasteiger partial charge in [0.15, 0.2) is 5.11 Å². The van der Waals surface area contributed by atoms with Crippen LogP contribution >= 0.6 is 12.2 Å². The number of benzene rings is 2. The van der Waals surface area contributed by atoms with E-state index in [1.54, 1.807) is 6.21 Å². The third-order valence-corrected chi connectivity index (χ3v) is 3.09. The zero-order valence-corrected chi connectivity index (χ0v) is 14.1. The normalized spacial score (nSPS) is 10.7. The SMILES string of the molecule is CC(C)COc1ccccc1/C=N\NC(=S)Nc1ccccc1. The summed E-state index contributed by atoms with van der Waals surface area (Å²) in [5.74, 6) is 1.29. The minimum atomic E-state index is 0.438. The Bertz CT molecular complexity index is 656. The van der Waals surface area contributed by atoms with E-state index in [-0.39, 0.29) is 0 Å². The molecule has 2 aromatic carbocycles. The van der Waals surface area contributed by atoms with Crippen LogP contribution < -0.4 is 15.5 Å². The summed E-state index contributed by atoms with van der Waals surface area (Å²) < 4.78 is 5.78. The van der Waals surface area contributed by atoms with Crippen LogP contribution in [0.5, 0.6) is 5.75 Å². The van der Waals surface area contributed by atoms with Gasteiger partial charge in [0, 0.05) is 11.3 Å². The number of hydrogen-bond donors (Lipinski definition) is 2. The number of nitrogens with one attached hydrogen (secondary N) is 2. The summed E-state index contributed by atoms with van der Waals surface area (Å²) in [5, 5.41) is 7.66. The summed E-state index contributed by atoms with van der Waals surface area (Å²) in [7, 11) is 0. The quantitative estimate of drug-likeness (QED) is 0.477. The molecule has 0 saturated carbocycles. The highest BCUT2D eigenvalue weighted by atomic mass is 32.1. The Morgan fingerprint density at radius 2 is 1.83 bits per heavy atom. The highest BCUT2D eigenvalue weighted by Crippen LogP contribution is 2.16. The molecule has 23 heavy (non-hydrogen) atoms. The molecule has 0 aromatic heterocycles. The van der Waals surface area contributed by atoms with Gasteiger partial charge in [-0.15, -0.1) is 0 Å². The highest BCUT2D eigenvalue weighted by molar-refractivity contribution is 7.80. The van der Waals surface area contributed by atoms with Gasteiger partial charge >= 0.3 is 0 Å². The minimum absolute atomic E-state index is 0.438. The van der Waals surface area contributed by atoms with Gasteiger partial charge in [-0.2, -0.15) is 5.10 Å². The van der Waals surface area contributed by atoms with Crippen molar-refractivity contribution in [2.45, 2.75) is 13.8 Å². The van der Waals surface area contributed by atoms with Crippen LogP contribution in [0.4, 0.5) is 5.69 Å². The largest absolute Gasteiger partial charge is 0.493 e. The summed E-state index contributed by atoms with van der Waals surface area (Å²) in [6.07, 6.45) is 1.70. The van der Waals surface area contributed by atoms with Gasteiger partial charge in [-0.1, -0.05) is 44.2 Å². The Morgan fingerprint density at radius 3 is 2.57 bits per heavy atom. The lowest BCUT2D eigenvalue weighted by Crippen LogP contribution is -2.23. The first-order valence-corrected chi connectivity index (χ1v) is 7.93. The molecular formula is C18H21N3OS. The lowest BCUT2D eigenvalue weighted by Gasteiger charge is -2.11. The van der Waals surface area contributed by atoms with E-state index < -0.39 is 0 Å². The molecule has 5 heteroatoms. The Balaban J connectivity index is 1.91. The van der Waals surface area contributed by atoms with Crippen molar-refractivity contribution in [3.05, 3.63) is 60.2 Å². The molecule has 120 valence electrons. The smallest absolute Gasteiger partial charge is 0.191 e. The fraction of sp³-hybridized carbons (Fsp3) is 0.222. The molecule has 0 aliphatic rings. The maximum absolute atomic E-state index is 5.78. The molecular weight excluding hydrogens is 306 g/mol. The van der Waals surface area contributed by atoms with E-state index in [1.807, 2.05) is 54.6 Å². The number of rotatable bonds is 6. The van der Waals surface area contributed by atoms with Gasteiger partial charge in [0.05, 0.1) is 12.8 Å². The molecule has 0 atom stereocenters. The van der Waals surface area contributed by atoms with E-state index in [0.717, 1.165) is 17.0 Å². The van der Waals surface area contributed by atoms with Crippen LogP contribution in [0.25, 0.3) is 0 Å². The lowest BCUT2D eigenvalue weighted by atomic mass is 10.2. The molecule has 0 aliphatic carbocycles. The van der Waals surface area contributed by atoms with E-state index in [9.17, 15) is 0 Å². The van der Waals surface area contributed by atoms with Crippen molar-refractivity contribution in [1.29, 1.82) is 0 Å². The third kappa shape index (κ3) is 6.08. The third-order valence-electron chi connectivity index (χ3n) is 2.89. The van der Waals surface area contributed by atoms with Crippen molar-refractivity contribution >= 4 is 29.2 Å². The van der Waals surface area contributed by atoms with Crippen LogP contribution in [0, 0.1) is 5.92 Å². The molecule has 0 heterocycles. The predicted octanol–water partition coefficient (Wildman–Crippen LogP) is 4.04. The maximum atomic E-state index is 5.78. The van der Waals surface area contributed by atoms with E-state index in [0.29, 0.717) is 17.6 Å². The minimum Gasteiger partial charge on any atom is -0.493 e. The number of anilines is 1. The number of nitrogens with zero attached hydrogens (tertiary/aromatic N) is 1. The average Bonchev–Trinajstić information content (AvgIpc) is 2.55. The first kappa shape index (κ1) is 17.0. The van der Waals surface area contributed by atoms with Crippen molar-refractivity contribution in [1.82, 2.24) is 5.43 Å². The van der Waals surface area contributed by atoms with Gasteiger partial charge in [-0.3, -0.25) is 5.43 Å². The molecule has 0 bridgehead atoms. The van der Waals surface area contributed by atoms with Crippen LogP contribution in [0.2, 0.25) is 0 Å². The fourth-order valence-electron chi connectivity index (χ4n) is 1.82. The van der Waals surface area contributed by atoms with Crippen molar-refractivity contribution in [2.75, 3.05) is 11.9 Å². The summed E-state index contributed by atoms with van der Waals surface area (Å²) >= 11 is 5.20. The van der Waals surface area contributed by atoms with E-state index in [4.69, 9.17) is 17.0 Å². The number of ether oxygens (including phenoxy) is 1. The van der Waals surface area contributed by atoms with E-state index in [2.05, 4.69) is 29.7 Å². The Morgan fingerprint density at radius 1 is 1.13 bits per heavy atom. The number of thiocarbonyl (C=S) groups is 1. The molecule has 0 aliphatic heterocycles. The topological polar surface area (TPSA) is 45.6 Å². The summed E-state index contributed by atoms with van der Waals surface area (Å²) in [6.45, 7) is 4.91. The van der Waals surface area contributed by atoms with Crippen molar-refractivity contribution < 1.29 is 4.74 Å².